The van der Waals surface area contributed by atoms with E-state index in [1.54, 1.807) is 12.4 Å². The molecule has 2 aromatic heterocycles. The molecule has 0 aliphatic carbocycles. The lowest BCUT2D eigenvalue weighted by molar-refractivity contribution is 0.0143. The summed E-state index contributed by atoms with van der Waals surface area (Å²) in [7, 11) is 0. The maximum atomic E-state index is 5.98. The first kappa shape index (κ1) is 16.5. The second-order valence-electron chi connectivity index (χ2n) is 6.75. The highest BCUT2D eigenvalue weighted by Crippen LogP contribution is 2.28. The van der Waals surface area contributed by atoms with Gasteiger partial charge in [-0.25, -0.2) is 15.0 Å². The maximum Gasteiger partial charge on any atom is 0.225 e. The summed E-state index contributed by atoms with van der Waals surface area (Å²) in [6.07, 6.45) is 7.73. The van der Waals surface area contributed by atoms with E-state index in [0.29, 0.717) is 12.5 Å². The third kappa shape index (κ3) is 3.52. The molecule has 1 fully saturated rings. The third-order valence-electron chi connectivity index (χ3n) is 5.13. The van der Waals surface area contributed by atoms with Crippen LogP contribution in [0.3, 0.4) is 0 Å². The number of fused-ring (bicyclic) bond motifs is 1. The lowest BCUT2D eigenvalue weighted by Crippen LogP contribution is -2.38. The van der Waals surface area contributed by atoms with Crippen molar-refractivity contribution in [2.75, 3.05) is 31.3 Å². The molecule has 0 spiro atoms. The SMILES string of the molecule is C[C@H]1c2ncc(COCC3CCOCC3)n2CCN1c1ncccn1. The fourth-order valence-corrected chi connectivity index (χ4v) is 3.63. The fraction of sp³-hybridized carbons (Fsp3) is 0.611. The molecule has 0 N–H and O–H groups in total. The van der Waals surface area contributed by atoms with Gasteiger partial charge in [0, 0.05) is 38.7 Å². The fourth-order valence-electron chi connectivity index (χ4n) is 3.63. The second-order valence-corrected chi connectivity index (χ2v) is 6.75. The van der Waals surface area contributed by atoms with E-state index < -0.39 is 0 Å². The minimum Gasteiger partial charge on any atom is -0.381 e. The average Bonchev–Trinajstić information content (AvgIpc) is 3.08. The van der Waals surface area contributed by atoms with E-state index >= 15 is 0 Å². The van der Waals surface area contributed by atoms with Crippen molar-refractivity contribution >= 4 is 5.95 Å². The molecular formula is C18H25N5O2. The van der Waals surface area contributed by atoms with Gasteiger partial charge in [-0.3, -0.25) is 0 Å². The monoisotopic (exact) mass is 343 g/mol. The zero-order valence-corrected chi connectivity index (χ0v) is 14.7. The molecule has 4 heterocycles. The van der Waals surface area contributed by atoms with E-state index in [1.165, 1.54) is 0 Å². The quantitative estimate of drug-likeness (QED) is 0.829. The molecule has 2 aliphatic heterocycles. The van der Waals surface area contributed by atoms with Crippen LogP contribution in [0.15, 0.2) is 24.7 Å². The van der Waals surface area contributed by atoms with Crippen molar-refractivity contribution in [2.45, 2.75) is 39.0 Å². The first-order valence-electron chi connectivity index (χ1n) is 9.06. The highest BCUT2D eigenvalue weighted by atomic mass is 16.5. The Hall–Kier alpha value is -1.99. The van der Waals surface area contributed by atoms with Gasteiger partial charge in [-0.15, -0.1) is 0 Å². The number of nitrogens with zero attached hydrogens (tertiary/aromatic N) is 5. The molecule has 134 valence electrons. The summed E-state index contributed by atoms with van der Waals surface area (Å²) in [5.74, 6) is 2.45. The highest BCUT2D eigenvalue weighted by molar-refractivity contribution is 5.34. The van der Waals surface area contributed by atoms with Crippen LogP contribution in [0, 0.1) is 5.92 Å². The molecule has 0 radical (unpaired) electrons. The summed E-state index contributed by atoms with van der Waals surface area (Å²) in [5, 5.41) is 0. The average molecular weight is 343 g/mol. The van der Waals surface area contributed by atoms with Crippen molar-refractivity contribution in [3.63, 3.8) is 0 Å². The second kappa shape index (κ2) is 7.49. The Morgan fingerprint density at radius 3 is 2.76 bits per heavy atom. The number of hydrogen-bond acceptors (Lipinski definition) is 6. The van der Waals surface area contributed by atoms with Crippen LogP contribution in [-0.4, -0.2) is 45.9 Å². The van der Waals surface area contributed by atoms with Gasteiger partial charge in [0.1, 0.15) is 5.82 Å². The number of hydrogen-bond donors (Lipinski definition) is 0. The Labute approximate surface area is 148 Å². The van der Waals surface area contributed by atoms with Gasteiger partial charge in [-0.1, -0.05) is 0 Å². The van der Waals surface area contributed by atoms with Crippen LogP contribution >= 0.6 is 0 Å². The molecule has 0 saturated carbocycles. The molecule has 7 nitrogen and oxygen atoms in total. The van der Waals surface area contributed by atoms with Gasteiger partial charge in [-0.2, -0.15) is 0 Å². The standard InChI is InChI=1S/C18H25N5O2/c1-14-17-21-11-16(13-25-12-15-3-9-24-10-4-15)23(17)8-7-22(14)18-19-5-2-6-20-18/h2,5-6,11,14-15H,3-4,7-10,12-13H2,1H3/t14-/m0/s1. The van der Waals surface area contributed by atoms with Crippen LogP contribution in [0.4, 0.5) is 5.95 Å². The zero-order chi connectivity index (χ0) is 17.1. The van der Waals surface area contributed by atoms with Gasteiger partial charge >= 0.3 is 0 Å². The number of imidazole rings is 1. The minimum absolute atomic E-state index is 0.153. The van der Waals surface area contributed by atoms with Crippen molar-refractivity contribution < 1.29 is 9.47 Å². The van der Waals surface area contributed by atoms with Crippen molar-refractivity contribution in [1.82, 2.24) is 19.5 Å². The molecule has 0 bridgehead atoms. The van der Waals surface area contributed by atoms with Crippen LogP contribution in [0.2, 0.25) is 0 Å². The molecule has 0 aromatic carbocycles. The third-order valence-corrected chi connectivity index (χ3v) is 5.13. The van der Waals surface area contributed by atoms with Crippen molar-refractivity contribution in [3.8, 4) is 0 Å². The minimum atomic E-state index is 0.153. The van der Waals surface area contributed by atoms with Gasteiger partial charge in [-0.05, 0) is 31.7 Å². The van der Waals surface area contributed by atoms with Crippen LogP contribution in [0.5, 0.6) is 0 Å². The molecule has 2 aromatic rings. The number of anilines is 1. The van der Waals surface area contributed by atoms with Crippen LogP contribution in [0.25, 0.3) is 0 Å². The number of aromatic nitrogens is 4. The van der Waals surface area contributed by atoms with E-state index in [0.717, 1.165) is 63.2 Å². The van der Waals surface area contributed by atoms with E-state index in [-0.39, 0.29) is 6.04 Å². The van der Waals surface area contributed by atoms with Crippen LogP contribution in [-0.2, 0) is 22.6 Å². The Morgan fingerprint density at radius 1 is 1.16 bits per heavy atom. The molecule has 25 heavy (non-hydrogen) atoms. The normalized spacial score (nSPS) is 21.3. The Balaban J connectivity index is 1.39. The van der Waals surface area contributed by atoms with Crippen molar-refractivity contribution in [3.05, 3.63) is 36.2 Å². The lowest BCUT2D eigenvalue weighted by atomic mass is 10.0. The van der Waals surface area contributed by atoms with Gasteiger partial charge in [0.2, 0.25) is 5.95 Å². The van der Waals surface area contributed by atoms with Crippen molar-refractivity contribution in [1.29, 1.82) is 0 Å². The molecule has 0 amide bonds. The van der Waals surface area contributed by atoms with Gasteiger partial charge in [0.25, 0.3) is 0 Å². The first-order valence-corrected chi connectivity index (χ1v) is 9.06. The summed E-state index contributed by atoms with van der Waals surface area (Å²) in [6.45, 7) is 7.08. The molecule has 0 unspecified atom stereocenters. The van der Waals surface area contributed by atoms with Crippen molar-refractivity contribution in [2.24, 2.45) is 5.92 Å². The summed E-state index contributed by atoms with van der Waals surface area (Å²) < 4.78 is 13.7. The first-order chi connectivity index (χ1) is 12.3. The summed E-state index contributed by atoms with van der Waals surface area (Å²) in [4.78, 5) is 15.6. The smallest absolute Gasteiger partial charge is 0.225 e. The number of ether oxygens (including phenoxy) is 2. The van der Waals surface area contributed by atoms with E-state index in [4.69, 9.17) is 9.47 Å². The van der Waals surface area contributed by atoms with Gasteiger partial charge in [0.15, 0.2) is 0 Å². The van der Waals surface area contributed by atoms with E-state index in [1.807, 2.05) is 12.3 Å². The molecule has 1 atom stereocenters. The maximum absolute atomic E-state index is 5.98. The predicted molar refractivity (Wildman–Crippen MR) is 93.2 cm³/mol. The molecule has 2 aliphatic rings. The van der Waals surface area contributed by atoms with Gasteiger partial charge < -0.3 is 18.9 Å². The molecule has 1 saturated heterocycles. The lowest BCUT2D eigenvalue weighted by Gasteiger charge is -2.34. The molecule has 7 heteroatoms. The zero-order valence-electron chi connectivity index (χ0n) is 14.7. The Bertz CT molecular complexity index is 684. The summed E-state index contributed by atoms with van der Waals surface area (Å²) in [5.41, 5.74) is 1.16. The Morgan fingerprint density at radius 2 is 1.96 bits per heavy atom. The van der Waals surface area contributed by atoms with E-state index in [9.17, 15) is 0 Å². The Kier molecular flexibility index (Phi) is 4.94. The summed E-state index contributed by atoms with van der Waals surface area (Å²) >= 11 is 0. The molecular weight excluding hydrogens is 318 g/mol. The van der Waals surface area contributed by atoms with Crippen LogP contribution in [0.1, 0.15) is 37.3 Å². The predicted octanol–water partition coefficient (Wildman–Crippen LogP) is 2.20. The molecule has 4 rings (SSSR count). The van der Waals surface area contributed by atoms with E-state index in [2.05, 4.69) is 31.3 Å². The van der Waals surface area contributed by atoms with Crippen LogP contribution < -0.4 is 4.90 Å². The number of rotatable bonds is 5. The largest absolute Gasteiger partial charge is 0.381 e. The van der Waals surface area contributed by atoms with Gasteiger partial charge in [0.05, 0.1) is 31.1 Å². The topological polar surface area (TPSA) is 65.3 Å². The summed E-state index contributed by atoms with van der Waals surface area (Å²) in [6, 6.07) is 1.99. The highest BCUT2D eigenvalue weighted by Gasteiger charge is 2.28.